The predicted molar refractivity (Wildman–Crippen MR) is 128 cm³/mol. The highest BCUT2D eigenvalue weighted by atomic mass is 32.2. The highest BCUT2D eigenvalue weighted by molar-refractivity contribution is 8.00. The van der Waals surface area contributed by atoms with E-state index in [4.69, 9.17) is 9.97 Å². The SMILES string of the molecule is CCC(=O)Nc1cc(NC(=O)CSc2nc(C3CC3)nc3sc(C)c(C)c23)ccc1C. The number of carbonyl (C=O) groups is 2. The summed E-state index contributed by atoms with van der Waals surface area (Å²) in [6.07, 6.45) is 2.69. The summed E-state index contributed by atoms with van der Waals surface area (Å²) in [6.45, 7) is 7.93. The fourth-order valence-corrected chi connectivity index (χ4v) is 5.25. The molecule has 162 valence electrons. The van der Waals surface area contributed by atoms with E-state index in [1.54, 1.807) is 17.4 Å². The van der Waals surface area contributed by atoms with E-state index >= 15 is 0 Å². The maximum Gasteiger partial charge on any atom is 0.234 e. The van der Waals surface area contributed by atoms with Crippen LogP contribution in [0, 0.1) is 20.8 Å². The molecule has 0 unspecified atom stereocenters. The third-order valence-corrected chi connectivity index (χ3v) is 7.49. The van der Waals surface area contributed by atoms with Crippen LogP contribution < -0.4 is 10.6 Å². The Bertz CT molecular complexity index is 1170. The molecule has 2 amide bonds. The number of thiophene rings is 1. The first-order chi connectivity index (χ1) is 14.9. The Morgan fingerprint density at radius 2 is 1.90 bits per heavy atom. The smallest absolute Gasteiger partial charge is 0.234 e. The van der Waals surface area contributed by atoms with Gasteiger partial charge in [-0.2, -0.15) is 0 Å². The summed E-state index contributed by atoms with van der Waals surface area (Å²) in [5, 5.41) is 7.77. The lowest BCUT2D eigenvalue weighted by Gasteiger charge is -2.11. The standard InChI is InChI=1S/C23H26N4O2S2/c1-5-18(28)25-17-10-16(9-6-12(17)2)24-19(29)11-30-22-20-13(3)14(4)31-23(20)27-21(26-22)15-7-8-15/h6,9-10,15H,5,7-8,11H2,1-4H3,(H,24,29)(H,25,28). The monoisotopic (exact) mass is 454 g/mol. The minimum Gasteiger partial charge on any atom is -0.326 e. The first-order valence-corrected chi connectivity index (χ1v) is 12.3. The van der Waals surface area contributed by atoms with Crippen molar-refractivity contribution in [1.29, 1.82) is 0 Å². The van der Waals surface area contributed by atoms with Gasteiger partial charge in [0.05, 0.1) is 5.75 Å². The molecule has 0 saturated heterocycles. The fraction of sp³-hybridized carbons (Fsp3) is 0.391. The minimum atomic E-state index is -0.106. The molecule has 4 rings (SSSR count). The number of aromatic nitrogens is 2. The van der Waals surface area contributed by atoms with E-state index in [2.05, 4.69) is 24.5 Å². The van der Waals surface area contributed by atoms with Crippen molar-refractivity contribution < 1.29 is 9.59 Å². The maximum absolute atomic E-state index is 12.7. The lowest BCUT2D eigenvalue weighted by Crippen LogP contribution is -2.15. The Hall–Kier alpha value is -2.45. The highest BCUT2D eigenvalue weighted by Gasteiger charge is 2.28. The molecule has 1 aromatic carbocycles. The Morgan fingerprint density at radius 3 is 2.61 bits per heavy atom. The fourth-order valence-electron chi connectivity index (χ4n) is 3.26. The van der Waals surface area contributed by atoms with Gasteiger partial charge < -0.3 is 10.6 Å². The van der Waals surface area contributed by atoms with Crippen molar-refractivity contribution in [3.05, 3.63) is 40.0 Å². The average Bonchev–Trinajstić information content (AvgIpc) is 3.55. The average molecular weight is 455 g/mol. The zero-order chi connectivity index (χ0) is 22.1. The van der Waals surface area contributed by atoms with Crippen molar-refractivity contribution in [1.82, 2.24) is 9.97 Å². The van der Waals surface area contributed by atoms with Crippen LogP contribution in [-0.2, 0) is 9.59 Å². The molecule has 1 aliphatic carbocycles. The summed E-state index contributed by atoms with van der Waals surface area (Å²) >= 11 is 3.16. The second kappa shape index (κ2) is 8.96. The van der Waals surface area contributed by atoms with Gasteiger partial charge in [-0.3, -0.25) is 9.59 Å². The second-order valence-electron chi connectivity index (χ2n) is 7.89. The van der Waals surface area contributed by atoms with Gasteiger partial charge in [-0.25, -0.2) is 9.97 Å². The molecule has 1 saturated carbocycles. The molecule has 3 aromatic rings. The number of aryl methyl sites for hydroxylation is 3. The third-order valence-electron chi connectivity index (χ3n) is 5.41. The van der Waals surface area contributed by atoms with Crippen LogP contribution >= 0.6 is 23.1 Å². The van der Waals surface area contributed by atoms with Gasteiger partial charge in [0.2, 0.25) is 11.8 Å². The molecular weight excluding hydrogens is 428 g/mol. The van der Waals surface area contributed by atoms with E-state index in [-0.39, 0.29) is 17.6 Å². The van der Waals surface area contributed by atoms with E-state index in [1.807, 2.05) is 26.0 Å². The molecule has 0 spiro atoms. The second-order valence-corrected chi connectivity index (χ2v) is 10.1. The summed E-state index contributed by atoms with van der Waals surface area (Å²) in [6, 6.07) is 5.54. The Kier molecular flexibility index (Phi) is 6.29. The van der Waals surface area contributed by atoms with Crippen LogP contribution in [0.1, 0.15) is 53.9 Å². The van der Waals surface area contributed by atoms with Crippen molar-refractivity contribution in [2.24, 2.45) is 0 Å². The maximum atomic E-state index is 12.7. The summed E-state index contributed by atoms with van der Waals surface area (Å²) in [4.78, 5) is 36.2. The quantitative estimate of drug-likeness (QED) is 0.360. The van der Waals surface area contributed by atoms with Crippen LogP contribution in [0.5, 0.6) is 0 Å². The van der Waals surface area contributed by atoms with Crippen molar-refractivity contribution in [2.45, 2.75) is 57.9 Å². The van der Waals surface area contributed by atoms with Crippen LogP contribution in [0.2, 0.25) is 0 Å². The number of nitrogens with one attached hydrogen (secondary N) is 2. The molecule has 0 aliphatic heterocycles. The van der Waals surface area contributed by atoms with Gasteiger partial charge in [-0.05, 0) is 56.9 Å². The molecular formula is C23H26N4O2S2. The highest BCUT2D eigenvalue weighted by Crippen LogP contribution is 2.42. The molecule has 6 nitrogen and oxygen atoms in total. The normalized spacial score (nSPS) is 13.4. The van der Waals surface area contributed by atoms with Crippen LogP contribution in [0.3, 0.4) is 0 Å². The van der Waals surface area contributed by atoms with E-state index in [0.717, 1.165) is 39.5 Å². The zero-order valence-corrected chi connectivity index (χ0v) is 19.8. The van der Waals surface area contributed by atoms with E-state index < -0.39 is 0 Å². The van der Waals surface area contributed by atoms with Crippen molar-refractivity contribution in [2.75, 3.05) is 16.4 Å². The molecule has 2 N–H and O–H groups in total. The number of amides is 2. The number of carbonyl (C=O) groups excluding carboxylic acids is 2. The zero-order valence-electron chi connectivity index (χ0n) is 18.2. The van der Waals surface area contributed by atoms with Crippen molar-refractivity contribution >= 4 is 56.5 Å². The summed E-state index contributed by atoms with van der Waals surface area (Å²) in [5.74, 6) is 1.47. The molecule has 31 heavy (non-hydrogen) atoms. The molecule has 1 aliphatic rings. The lowest BCUT2D eigenvalue weighted by molar-refractivity contribution is -0.116. The largest absolute Gasteiger partial charge is 0.326 e. The number of hydrogen-bond acceptors (Lipinski definition) is 6. The van der Waals surface area contributed by atoms with Gasteiger partial charge in [0.15, 0.2) is 0 Å². The van der Waals surface area contributed by atoms with Gasteiger partial charge in [0.25, 0.3) is 0 Å². The molecule has 2 aromatic heterocycles. The predicted octanol–water partition coefficient (Wildman–Crippen LogP) is 5.57. The van der Waals surface area contributed by atoms with Gasteiger partial charge in [0, 0.05) is 34.0 Å². The van der Waals surface area contributed by atoms with Crippen LogP contribution in [-0.4, -0.2) is 27.5 Å². The number of nitrogens with zero attached hydrogens (tertiary/aromatic N) is 2. The third kappa shape index (κ3) is 4.91. The molecule has 0 atom stereocenters. The molecule has 0 radical (unpaired) electrons. The van der Waals surface area contributed by atoms with Gasteiger partial charge in [-0.1, -0.05) is 24.8 Å². The number of anilines is 2. The summed E-state index contributed by atoms with van der Waals surface area (Å²) in [5.41, 5.74) is 3.53. The van der Waals surface area contributed by atoms with Gasteiger partial charge in [-0.15, -0.1) is 11.3 Å². The van der Waals surface area contributed by atoms with E-state index in [9.17, 15) is 9.59 Å². The number of thioether (sulfide) groups is 1. The Morgan fingerprint density at radius 1 is 1.13 bits per heavy atom. The first-order valence-electron chi connectivity index (χ1n) is 10.5. The number of hydrogen-bond donors (Lipinski definition) is 2. The molecule has 1 fully saturated rings. The van der Waals surface area contributed by atoms with Crippen LogP contribution in [0.25, 0.3) is 10.2 Å². The van der Waals surface area contributed by atoms with Crippen LogP contribution in [0.4, 0.5) is 11.4 Å². The minimum absolute atomic E-state index is 0.0530. The first kappa shape index (κ1) is 21.8. The molecule has 2 heterocycles. The Balaban J connectivity index is 1.49. The van der Waals surface area contributed by atoms with Gasteiger partial charge in [0.1, 0.15) is 15.7 Å². The van der Waals surface area contributed by atoms with E-state index in [0.29, 0.717) is 23.7 Å². The van der Waals surface area contributed by atoms with Crippen molar-refractivity contribution in [3.8, 4) is 0 Å². The number of fused-ring (bicyclic) bond motifs is 1. The van der Waals surface area contributed by atoms with Crippen molar-refractivity contribution in [3.63, 3.8) is 0 Å². The molecule has 8 heteroatoms. The lowest BCUT2D eigenvalue weighted by atomic mass is 10.1. The van der Waals surface area contributed by atoms with E-state index in [1.165, 1.54) is 22.2 Å². The topological polar surface area (TPSA) is 84.0 Å². The Labute approximate surface area is 190 Å². The number of rotatable bonds is 7. The molecule has 0 bridgehead atoms. The number of benzene rings is 1. The summed E-state index contributed by atoms with van der Waals surface area (Å²) in [7, 11) is 0. The van der Waals surface area contributed by atoms with Gasteiger partial charge >= 0.3 is 0 Å². The summed E-state index contributed by atoms with van der Waals surface area (Å²) < 4.78 is 0. The van der Waals surface area contributed by atoms with Crippen LogP contribution in [0.15, 0.2) is 23.2 Å².